The molecular weight excluding hydrogens is 593 g/mol. The molecule has 1 aliphatic heterocycles. The van der Waals surface area contributed by atoms with Crippen LogP contribution in [-0.4, -0.2) is 66.6 Å². The number of carbonyl (C=O) groups is 1. The van der Waals surface area contributed by atoms with Crippen LogP contribution in [0.4, 0.5) is 21.0 Å². The van der Waals surface area contributed by atoms with Crippen LogP contribution < -0.4 is 15.5 Å². The molecule has 1 fully saturated rings. The monoisotopic (exact) mass is 623 g/mol. The number of aryl methyl sites for hydroxylation is 1. The lowest BCUT2D eigenvalue weighted by atomic mass is 10.1. The van der Waals surface area contributed by atoms with E-state index in [-0.39, 0.29) is 23.2 Å². The number of pyridine rings is 1. The van der Waals surface area contributed by atoms with E-state index < -0.39 is 21.6 Å². The number of nitrogens with two attached hydrogens (primary N) is 1. The molecule has 1 amide bonds. The molecule has 43 heavy (non-hydrogen) atoms. The van der Waals surface area contributed by atoms with Gasteiger partial charge in [0.15, 0.2) is 15.0 Å². The summed E-state index contributed by atoms with van der Waals surface area (Å²) in [5.41, 5.74) is 8.38. The van der Waals surface area contributed by atoms with Crippen molar-refractivity contribution in [2.24, 2.45) is 7.05 Å². The van der Waals surface area contributed by atoms with Gasteiger partial charge >= 0.3 is 0 Å². The Labute approximate surface area is 251 Å². The summed E-state index contributed by atoms with van der Waals surface area (Å²) in [6.45, 7) is 1.48. The number of ether oxygens (including phenoxy) is 1. The number of anilines is 3. The first-order valence-corrected chi connectivity index (χ1v) is 16.3. The number of methoxy groups -OCH3 is 1. The van der Waals surface area contributed by atoms with Crippen molar-refractivity contribution >= 4 is 65.5 Å². The van der Waals surface area contributed by atoms with Crippen molar-refractivity contribution in [3.05, 3.63) is 65.0 Å². The van der Waals surface area contributed by atoms with Gasteiger partial charge in [0.25, 0.3) is 5.91 Å². The Kier molecular flexibility index (Phi) is 7.52. The molecule has 6 rings (SSSR count). The van der Waals surface area contributed by atoms with Crippen molar-refractivity contribution in [2.45, 2.75) is 30.4 Å². The van der Waals surface area contributed by atoms with Crippen LogP contribution in [0.1, 0.15) is 28.1 Å². The van der Waals surface area contributed by atoms with Crippen LogP contribution in [0, 0.1) is 5.82 Å². The van der Waals surface area contributed by atoms with Crippen molar-refractivity contribution < 1.29 is 22.3 Å². The van der Waals surface area contributed by atoms with Crippen LogP contribution in [0.15, 0.2) is 53.7 Å². The first kappa shape index (κ1) is 29.0. The maximum atomic E-state index is 14.3. The Morgan fingerprint density at radius 1 is 1.16 bits per heavy atom. The van der Waals surface area contributed by atoms with E-state index in [0.29, 0.717) is 26.9 Å². The number of hydrogen-bond donors (Lipinski definition) is 1. The molecular formula is C29H30FN7O4S2. The summed E-state index contributed by atoms with van der Waals surface area (Å²) in [5, 5.41) is 6.56. The average Bonchev–Trinajstić information content (AvgIpc) is 3.63. The van der Waals surface area contributed by atoms with Crippen LogP contribution in [0.2, 0.25) is 0 Å². The number of benzene rings is 2. The third-order valence-electron chi connectivity index (χ3n) is 7.72. The second kappa shape index (κ2) is 11.2. The zero-order valence-electron chi connectivity index (χ0n) is 23.8. The van der Waals surface area contributed by atoms with Gasteiger partial charge in [-0.3, -0.25) is 9.48 Å². The highest BCUT2D eigenvalue weighted by Gasteiger charge is 2.28. The van der Waals surface area contributed by atoms with E-state index in [9.17, 15) is 17.6 Å². The second-order valence-electron chi connectivity index (χ2n) is 10.6. The summed E-state index contributed by atoms with van der Waals surface area (Å²) in [6.07, 6.45) is 6.05. The summed E-state index contributed by atoms with van der Waals surface area (Å²) in [6, 6.07) is 8.92. The number of piperidine rings is 1. The number of fused-ring (bicyclic) bond motifs is 3. The number of nitrogen functional groups attached to an aromatic ring is 1. The van der Waals surface area contributed by atoms with Crippen molar-refractivity contribution in [3.8, 4) is 0 Å². The molecule has 1 aliphatic rings. The smallest absolute Gasteiger partial charge is 0.270 e. The molecule has 0 radical (unpaired) electrons. The minimum atomic E-state index is -3.90. The van der Waals surface area contributed by atoms with Crippen molar-refractivity contribution in [3.63, 3.8) is 0 Å². The van der Waals surface area contributed by atoms with E-state index in [1.807, 2.05) is 19.2 Å². The zero-order valence-corrected chi connectivity index (χ0v) is 25.5. The average molecular weight is 624 g/mol. The number of halogens is 1. The highest BCUT2D eigenvalue weighted by atomic mass is 32.2. The third-order valence-corrected chi connectivity index (χ3v) is 9.89. The highest BCUT2D eigenvalue weighted by molar-refractivity contribution is 7.90. The molecule has 3 aromatic heterocycles. The van der Waals surface area contributed by atoms with Gasteiger partial charge in [-0.05, 0) is 42.7 Å². The predicted molar refractivity (Wildman–Crippen MR) is 165 cm³/mol. The molecule has 0 saturated carbocycles. The van der Waals surface area contributed by atoms with E-state index in [0.717, 1.165) is 60.6 Å². The van der Waals surface area contributed by atoms with Crippen molar-refractivity contribution in [1.29, 1.82) is 0 Å². The fourth-order valence-electron chi connectivity index (χ4n) is 5.49. The predicted octanol–water partition coefficient (Wildman–Crippen LogP) is 4.17. The van der Waals surface area contributed by atoms with E-state index in [2.05, 4.69) is 20.0 Å². The number of hydrogen-bond acceptors (Lipinski definition) is 10. The van der Waals surface area contributed by atoms with E-state index in [1.165, 1.54) is 28.5 Å². The fourth-order valence-corrected chi connectivity index (χ4v) is 7.29. The summed E-state index contributed by atoms with van der Waals surface area (Å²) >= 11 is 1.24. The van der Waals surface area contributed by atoms with Gasteiger partial charge in [0.2, 0.25) is 0 Å². The largest absolute Gasteiger partial charge is 0.383 e. The Bertz CT molecular complexity index is 1970. The summed E-state index contributed by atoms with van der Waals surface area (Å²) < 4.78 is 47.0. The van der Waals surface area contributed by atoms with Gasteiger partial charge in [-0.2, -0.15) is 5.10 Å². The highest BCUT2D eigenvalue weighted by Crippen LogP contribution is 2.34. The molecule has 0 bridgehead atoms. The van der Waals surface area contributed by atoms with Crippen LogP contribution in [0.5, 0.6) is 0 Å². The molecule has 224 valence electrons. The number of carbonyl (C=O) groups excluding carboxylic acids is 1. The van der Waals surface area contributed by atoms with Crippen LogP contribution >= 0.6 is 11.3 Å². The minimum absolute atomic E-state index is 0.0135. The molecule has 2 N–H and O–H groups in total. The molecule has 0 spiro atoms. The topological polar surface area (TPSA) is 137 Å². The molecule has 0 aliphatic carbocycles. The van der Waals surface area contributed by atoms with E-state index >= 15 is 0 Å². The summed E-state index contributed by atoms with van der Waals surface area (Å²) in [7, 11) is -0.373. The second-order valence-corrected chi connectivity index (χ2v) is 13.6. The lowest BCUT2D eigenvalue weighted by Crippen LogP contribution is -2.36. The van der Waals surface area contributed by atoms with Gasteiger partial charge in [-0.25, -0.2) is 22.8 Å². The van der Waals surface area contributed by atoms with Gasteiger partial charge in [0.1, 0.15) is 16.5 Å². The van der Waals surface area contributed by atoms with Gasteiger partial charge in [0.05, 0.1) is 52.0 Å². The van der Waals surface area contributed by atoms with E-state index in [1.54, 1.807) is 24.1 Å². The molecule has 2 aromatic carbocycles. The van der Waals surface area contributed by atoms with Gasteiger partial charge in [-0.1, -0.05) is 23.5 Å². The molecule has 0 atom stereocenters. The molecule has 4 heterocycles. The van der Waals surface area contributed by atoms with Gasteiger partial charge in [-0.15, -0.1) is 0 Å². The molecule has 1 saturated heterocycles. The Balaban J connectivity index is 1.40. The van der Waals surface area contributed by atoms with Crippen molar-refractivity contribution in [2.75, 3.05) is 42.0 Å². The van der Waals surface area contributed by atoms with E-state index in [4.69, 9.17) is 10.5 Å². The van der Waals surface area contributed by atoms with Gasteiger partial charge in [0, 0.05) is 38.9 Å². The van der Waals surface area contributed by atoms with Crippen LogP contribution in [0.3, 0.4) is 0 Å². The van der Waals surface area contributed by atoms with Crippen molar-refractivity contribution in [1.82, 2.24) is 19.7 Å². The quantitative estimate of drug-likeness (QED) is 0.283. The maximum Gasteiger partial charge on any atom is 0.270 e. The Hall–Kier alpha value is -4.14. The number of thiazole rings is 1. The normalized spacial score (nSPS) is 14.6. The summed E-state index contributed by atoms with van der Waals surface area (Å²) in [4.78, 5) is 26.7. The summed E-state index contributed by atoms with van der Waals surface area (Å²) in [5.74, 6) is -0.853. The standard InChI is InChI=1S/C29H30FN7O4S2/c1-35-26-20-6-4-17(12-22(20)34-27(31)21(26)14-33-35)16-37(23-7-5-18(30)13-25(23)43(3,39)40)28(38)24-15-32-29(42-24)36-10-8-19(41-2)9-11-36/h4-7,12-15,19H,8-11,16H2,1-3H3,(H2,31,34). The Morgan fingerprint density at radius 2 is 1.93 bits per heavy atom. The first-order chi connectivity index (χ1) is 20.5. The lowest BCUT2D eigenvalue weighted by molar-refractivity contribution is 0.0819. The SMILES string of the molecule is COC1CCN(c2ncc(C(=O)N(Cc3ccc4c(c3)nc(N)c3cnn(C)c34)c3ccc(F)cc3S(C)(=O)=O)s2)CC1. The first-order valence-electron chi connectivity index (χ1n) is 13.6. The molecule has 5 aromatic rings. The zero-order chi connectivity index (χ0) is 30.5. The van der Waals surface area contributed by atoms with Crippen LogP contribution in [0.25, 0.3) is 21.8 Å². The van der Waals surface area contributed by atoms with Crippen LogP contribution in [-0.2, 0) is 28.2 Å². The number of rotatable bonds is 7. The maximum absolute atomic E-state index is 14.3. The number of amides is 1. The minimum Gasteiger partial charge on any atom is -0.383 e. The fraction of sp³-hybridized carbons (Fsp3) is 0.310. The third kappa shape index (κ3) is 5.53. The molecule has 11 nitrogen and oxygen atoms in total. The molecule has 0 unspecified atom stereocenters. The number of aromatic nitrogens is 4. The molecule has 14 heteroatoms. The van der Waals surface area contributed by atoms with Gasteiger partial charge < -0.3 is 20.3 Å². The lowest BCUT2D eigenvalue weighted by Gasteiger charge is -2.30. The number of nitrogens with zero attached hydrogens (tertiary/aromatic N) is 6. The number of sulfone groups is 1. The Morgan fingerprint density at radius 3 is 2.65 bits per heavy atom.